The van der Waals surface area contributed by atoms with E-state index in [2.05, 4.69) is 0 Å². The number of benzene rings is 1. The molecule has 0 aliphatic rings. The van der Waals surface area contributed by atoms with Crippen molar-refractivity contribution >= 4 is 6.08 Å². The standard InChI is InChI=1S/C13H12N2/c1-13(10-14,11-15)9-5-8-12-6-3-2-4-7-12/h2-8H,9H2,1H3. The van der Waals surface area contributed by atoms with Crippen LogP contribution in [0.1, 0.15) is 18.9 Å². The highest BCUT2D eigenvalue weighted by molar-refractivity contribution is 5.48. The Balaban J connectivity index is 2.63. The Kier molecular flexibility index (Phi) is 3.66. The third-order valence-corrected chi connectivity index (χ3v) is 2.13. The summed E-state index contributed by atoms with van der Waals surface area (Å²) in [5.74, 6) is 0. The molecule has 2 heteroatoms. The lowest BCUT2D eigenvalue weighted by Gasteiger charge is -2.07. The Hall–Kier alpha value is -2.06. The summed E-state index contributed by atoms with van der Waals surface area (Å²) >= 11 is 0. The first-order valence-corrected chi connectivity index (χ1v) is 4.74. The fourth-order valence-corrected chi connectivity index (χ4v) is 1.11. The Bertz CT molecular complexity index is 404. The maximum atomic E-state index is 8.78. The van der Waals surface area contributed by atoms with Crippen LogP contribution in [0.25, 0.3) is 6.08 Å². The smallest absolute Gasteiger partial charge is 0.144 e. The number of nitrogens with zero attached hydrogens (tertiary/aromatic N) is 2. The predicted molar refractivity (Wildman–Crippen MR) is 59.4 cm³/mol. The lowest BCUT2D eigenvalue weighted by molar-refractivity contribution is 0.596. The Morgan fingerprint density at radius 3 is 2.33 bits per heavy atom. The third-order valence-electron chi connectivity index (χ3n) is 2.13. The highest BCUT2D eigenvalue weighted by Gasteiger charge is 2.20. The summed E-state index contributed by atoms with van der Waals surface area (Å²) < 4.78 is 0. The van der Waals surface area contributed by atoms with Crippen LogP contribution >= 0.6 is 0 Å². The van der Waals surface area contributed by atoms with Crippen LogP contribution in [-0.2, 0) is 0 Å². The quantitative estimate of drug-likeness (QED) is 0.745. The lowest BCUT2D eigenvalue weighted by atomic mass is 9.90. The van der Waals surface area contributed by atoms with Crippen LogP contribution in [0, 0.1) is 28.1 Å². The molecule has 15 heavy (non-hydrogen) atoms. The fourth-order valence-electron chi connectivity index (χ4n) is 1.11. The molecule has 0 bridgehead atoms. The summed E-state index contributed by atoms with van der Waals surface area (Å²) in [7, 11) is 0. The highest BCUT2D eigenvalue weighted by Crippen LogP contribution is 2.19. The van der Waals surface area contributed by atoms with Gasteiger partial charge in [-0.3, -0.25) is 0 Å². The van der Waals surface area contributed by atoms with Gasteiger partial charge in [0.1, 0.15) is 5.41 Å². The van der Waals surface area contributed by atoms with Gasteiger partial charge >= 0.3 is 0 Å². The fraction of sp³-hybridized carbons (Fsp3) is 0.231. The van der Waals surface area contributed by atoms with Crippen LogP contribution in [0.2, 0.25) is 0 Å². The van der Waals surface area contributed by atoms with E-state index in [1.165, 1.54) is 0 Å². The molecule has 0 unspecified atom stereocenters. The molecule has 0 spiro atoms. The van der Waals surface area contributed by atoms with Crippen molar-refractivity contribution in [2.24, 2.45) is 5.41 Å². The molecule has 0 saturated heterocycles. The topological polar surface area (TPSA) is 47.6 Å². The molecule has 1 aromatic rings. The first-order valence-electron chi connectivity index (χ1n) is 4.74. The Labute approximate surface area is 90.1 Å². The summed E-state index contributed by atoms with van der Waals surface area (Å²) in [5.41, 5.74) is 0.168. The minimum atomic E-state index is -0.911. The molecule has 74 valence electrons. The van der Waals surface area contributed by atoms with Crippen molar-refractivity contribution in [3.63, 3.8) is 0 Å². The zero-order chi connectivity index (χ0) is 11.1. The van der Waals surface area contributed by atoms with Gasteiger partial charge < -0.3 is 0 Å². The van der Waals surface area contributed by atoms with Crippen molar-refractivity contribution in [3.8, 4) is 12.1 Å². The van der Waals surface area contributed by atoms with Gasteiger partial charge in [-0.2, -0.15) is 10.5 Å². The van der Waals surface area contributed by atoms with Gasteiger partial charge in [-0.15, -0.1) is 0 Å². The molecule has 1 rings (SSSR count). The molecule has 0 N–H and O–H groups in total. The van der Waals surface area contributed by atoms with E-state index in [4.69, 9.17) is 10.5 Å². The van der Waals surface area contributed by atoms with Crippen molar-refractivity contribution in [3.05, 3.63) is 42.0 Å². The number of hydrogen-bond donors (Lipinski definition) is 0. The van der Waals surface area contributed by atoms with Gasteiger partial charge in [0.15, 0.2) is 0 Å². The van der Waals surface area contributed by atoms with Crippen LogP contribution in [-0.4, -0.2) is 0 Å². The van der Waals surface area contributed by atoms with Gasteiger partial charge in [-0.1, -0.05) is 42.5 Å². The summed E-state index contributed by atoms with van der Waals surface area (Å²) in [5, 5.41) is 17.6. The van der Waals surface area contributed by atoms with Crippen molar-refractivity contribution in [2.45, 2.75) is 13.3 Å². The van der Waals surface area contributed by atoms with E-state index in [-0.39, 0.29) is 0 Å². The van der Waals surface area contributed by atoms with Gasteiger partial charge in [0.05, 0.1) is 12.1 Å². The summed E-state index contributed by atoms with van der Waals surface area (Å²) in [4.78, 5) is 0. The zero-order valence-electron chi connectivity index (χ0n) is 8.64. The van der Waals surface area contributed by atoms with E-state index in [1.807, 2.05) is 54.6 Å². The molecule has 0 aromatic heterocycles. The first kappa shape index (κ1) is 11.0. The van der Waals surface area contributed by atoms with Gasteiger partial charge in [-0.25, -0.2) is 0 Å². The minimum absolute atomic E-state index is 0.453. The monoisotopic (exact) mass is 196 g/mol. The van der Waals surface area contributed by atoms with Crippen LogP contribution in [0.3, 0.4) is 0 Å². The second-order valence-electron chi connectivity index (χ2n) is 3.57. The second-order valence-corrected chi connectivity index (χ2v) is 3.57. The molecule has 0 atom stereocenters. The largest absolute Gasteiger partial charge is 0.197 e. The Morgan fingerprint density at radius 1 is 1.20 bits per heavy atom. The summed E-state index contributed by atoms with van der Waals surface area (Å²) in [6.07, 6.45) is 4.24. The van der Waals surface area contributed by atoms with Gasteiger partial charge in [0.25, 0.3) is 0 Å². The molecule has 0 fully saturated rings. The van der Waals surface area contributed by atoms with Gasteiger partial charge in [-0.05, 0) is 18.9 Å². The van der Waals surface area contributed by atoms with E-state index < -0.39 is 5.41 Å². The van der Waals surface area contributed by atoms with Crippen molar-refractivity contribution in [1.29, 1.82) is 10.5 Å². The van der Waals surface area contributed by atoms with Crippen LogP contribution in [0.15, 0.2) is 36.4 Å². The molecule has 0 saturated carbocycles. The molecule has 0 radical (unpaired) electrons. The van der Waals surface area contributed by atoms with Crippen LogP contribution in [0.4, 0.5) is 0 Å². The first-order chi connectivity index (χ1) is 7.20. The van der Waals surface area contributed by atoms with Crippen LogP contribution in [0.5, 0.6) is 0 Å². The second kappa shape index (κ2) is 4.98. The zero-order valence-corrected chi connectivity index (χ0v) is 8.64. The van der Waals surface area contributed by atoms with Crippen LogP contribution < -0.4 is 0 Å². The number of rotatable bonds is 3. The van der Waals surface area contributed by atoms with Gasteiger partial charge in [0, 0.05) is 0 Å². The normalized spacial score (nSPS) is 10.9. The van der Waals surface area contributed by atoms with E-state index in [0.717, 1.165) is 5.56 Å². The van der Waals surface area contributed by atoms with E-state index in [1.54, 1.807) is 6.92 Å². The van der Waals surface area contributed by atoms with Gasteiger partial charge in [0.2, 0.25) is 0 Å². The maximum absolute atomic E-state index is 8.78. The van der Waals surface area contributed by atoms with Crippen molar-refractivity contribution in [2.75, 3.05) is 0 Å². The molecular formula is C13H12N2. The molecular weight excluding hydrogens is 184 g/mol. The molecule has 0 amide bonds. The Morgan fingerprint density at radius 2 is 1.80 bits per heavy atom. The van der Waals surface area contributed by atoms with Crippen molar-refractivity contribution in [1.82, 2.24) is 0 Å². The SMILES string of the molecule is CC(C#N)(C#N)CC=Cc1ccccc1. The number of nitriles is 2. The number of allylic oxidation sites excluding steroid dienone is 1. The van der Waals surface area contributed by atoms with E-state index >= 15 is 0 Å². The molecule has 1 aromatic carbocycles. The third kappa shape index (κ3) is 3.29. The molecule has 0 aliphatic carbocycles. The highest BCUT2D eigenvalue weighted by atomic mass is 14.4. The minimum Gasteiger partial charge on any atom is -0.197 e. The summed E-state index contributed by atoms with van der Waals surface area (Å²) in [6.45, 7) is 1.64. The molecule has 0 aliphatic heterocycles. The average Bonchev–Trinajstić information content (AvgIpc) is 2.30. The number of hydrogen-bond acceptors (Lipinski definition) is 2. The summed E-state index contributed by atoms with van der Waals surface area (Å²) in [6, 6.07) is 13.8. The molecule has 0 heterocycles. The van der Waals surface area contributed by atoms with E-state index in [9.17, 15) is 0 Å². The maximum Gasteiger partial charge on any atom is 0.144 e. The predicted octanol–water partition coefficient (Wildman–Crippen LogP) is 3.14. The molecule has 2 nitrogen and oxygen atoms in total. The van der Waals surface area contributed by atoms with E-state index in [0.29, 0.717) is 6.42 Å². The average molecular weight is 196 g/mol. The van der Waals surface area contributed by atoms with Crippen molar-refractivity contribution < 1.29 is 0 Å². The lowest BCUT2D eigenvalue weighted by Crippen LogP contribution is -2.08.